The van der Waals surface area contributed by atoms with E-state index in [0.29, 0.717) is 5.95 Å². The summed E-state index contributed by atoms with van der Waals surface area (Å²) in [5, 5.41) is 8.35. The normalized spacial score (nSPS) is 11.8. The first kappa shape index (κ1) is 32.4. The minimum absolute atomic E-state index is 0.652. The summed E-state index contributed by atoms with van der Waals surface area (Å²) in [6.07, 6.45) is 0. The second-order valence-electron chi connectivity index (χ2n) is 15.0. The molecule has 3 heterocycles. The van der Waals surface area contributed by atoms with Gasteiger partial charge in [0.05, 0.1) is 33.3 Å². The van der Waals surface area contributed by atoms with Crippen LogP contribution >= 0.6 is 0 Å². The highest BCUT2D eigenvalue weighted by atomic mass is 15.2. The number of rotatable bonds is 5. The van der Waals surface area contributed by atoms with Crippen LogP contribution in [0.4, 0.5) is 0 Å². The largest absolute Gasteiger partial charge is 0.309 e. The molecule has 58 heavy (non-hydrogen) atoms. The maximum atomic E-state index is 5.38. The summed E-state index contributed by atoms with van der Waals surface area (Å²) in [5.74, 6) is 0.652. The van der Waals surface area contributed by atoms with Crippen LogP contribution in [-0.2, 0) is 0 Å². The molecule has 0 unspecified atom stereocenters. The second-order valence-corrected chi connectivity index (χ2v) is 15.0. The summed E-state index contributed by atoms with van der Waals surface area (Å²) in [6.45, 7) is 0. The Morgan fingerprint density at radius 3 is 1.64 bits per heavy atom. The van der Waals surface area contributed by atoms with Gasteiger partial charge in [0.15, 0.2) is 0 Å². The van der Waals surface area contributed by atoms with E-state index in [2.05, 4.69) is 215 Å². The molecule has 0 saturated heterocycles. The van der Waals surface area contributed by atoms with Gasteiger partial charge in [-0.3, -0.25) is 4.57 Å². The minimum Gasteiger partial charge on any atom is -0.309 e. The topological polar surface area (TPSA) is 35.6 Å². The standard InChI is InChI=1S/C54H34N4/c1-3-15-35(16-4-1)36-27-29-37(30-28-36)53-43-22-9-12-24-47(43)55-54(56-53)58-48-25-13-10-20-41(48)46-33-38(31-32-50(46)58)45-34-51-52(42-21-8-7-19-40(42)45)44-23-11-14-26-49(44)57(51)39-17-5-2-6-18-39/h1-34H. The van der Waals surface area contributed by atoms with E-state index in [0.717, 1.165) is 55.2 Å². The summed E-state index contributed by atoms with van der Waals surface area (Å²) in [5.41, 5.74) is 13.3. The van der Waals surface area contributed by atoms with Crippen LogP contribution in [0.15, 0.2) is 206 Å². The van der Waals surface area contributed by atoms with Gasteiger partial charge in [-0.15, -0.1) is 0 Å². The minimum atomic E-state index is 0.652. The van der Waals surface area contributed by atoms with Crippen LogP contribution in [0, 0.1) is 0 Å². The van der Waals surface area contributed by atoms with E-state index in [1.165, 1.54) is 49.3 Å². The number of nitrogens with zero attached hydrogens (tertiary/aromatic N) is 4. The maximum absolute atomic E-state index is 5.38. The summed E-state index contributed by atoms with van der Waals surface area (Å²) in [6, 6.07) is 73.8. The van der Waals surface area contributed by atoms with Crippen molar-refractivity contribution in [3.63, 3.8) is 0 Å². The third-order valence-electron chi connectivity index (χ3n) is 11.7. The highest BCUT2D eigenvalue weighted by molar-refractivity contribution is 6.24. The second kappa shape index (κ2) is 12.9. The molecule has 270 valence electrons. The Hall–Kier alpha value is -7.82. The van der Waals surface area contributed by atoms with Gasteiger partial charge < -0.3 is 4.57 Å². The lowest BCUT2D eigenvalue weighted by atomic mass is 9.94. The van der Waals surface area contributed by atoms with Crippen molar-refractivity contribution in [1.29, 1.82) is 0 Å². The van der Waals surface area contributed by atoms with Crippen molar-refractivity contribution in [2.24, 2.45) is 0 Å². The maximum Gasteiger partial charge on any atom is 0.235 e. The van der Waals surface area contributed by atoms with Crippen LogP contribution in [-0.4, -0.2) is 19.1 Å². The van der Waals surface area contributed by atoms with Crippen molar-refractivity contribution in [1.82, 2.24) is 19.1 Å². The molecule has 0 aliphatic carbocycles. The summed E-state index contributed by atoms with van der Waals surface area (Å²) < 4.78 is 4.65. The van der Waals surface area contributed by atoms with E-state index < -0.39 is 0 Å². The average molecular weight is 739 g/mol. The van der Waals surface area contributed by atoms with Gasteiger partial charge in [-0.2, -0.15) is 0 Å². The molecule has 0 aliphatic rings. The Kier molecular flexibility index (Phi) is 7.20. The number of hydrogen-bond acceptors (Lipinski definition) is 2. The van der Waals surface area contributed by atoms with E-state index in [1.807, 2.05) is 0 Å². The monoisotopic (exact) mass is 738 g/mol. The lowest BCUT2D eigenvalue weighted by Gasteiger charge is -2.13. The predicted octanol–water partition coefficient (Wildman–Crippen LogP) is 14.0. The average Bonchev–Trinajstić information content (AvgIpc) is 3.82. The fraction of sp³-hybridized carbons (Fsp3) is 0. The number of fused-ring (bicyclic) bond motifs is 9. The van der Waals surface area contributed by atoms with E-state index in [4.69, 9.17) is 9.97 Å². The number of benzene rings is 9. The quantitative estimate of drug-likeness (QED) is 0.176. The van der Waals surface area contributed by atoms with Gasteiger partial charge in [0.2, 0.25) is 5.95 Å². The molecule has 3 aromatic heterocycles. The van der Waals surface area contributed by atoms with Gasteiger partial charge in [-0.25, -0.2) is 9.97 Å². The van der Waals surface area contributed by atoms with Crippen LogP contribution in [0.2, 0.25) is 0 Å². The summed E-state index contributed by atoms with van der Waals surface area (Å²) in [7, 11) is 0. The molecule has 0 saturated carbocycles. The summed E-state index contributed by atoms with van der Waals surface area (Å²) in [4.78, 5) is 10.6. The van der Waals surface area contributed by atoms with Crippen molar-refractivity contribution in [2.45, 2.75) is 0 Å². The van der Waals surface area contributed by atoms with Crippen LogP contribution in [0.25, 0.3) is 110 Å². The van der Waals surface area contributed by atoms with E-state index in [1.54, 1.807) is 0 Å². The number of para-hydroxylation sites is 4. The highest BCUT2D eigenvalue weighted by Gasteiger charge is 2.21. The fourth-order valence-electron chi connectivity index (χ4n) is 9.12. The van der Waals surface area contributed by atoms with Gasteiger partial charge in [0.25, 0.3) is 0 Å². The molecule has 0 atom stereocenters. The van der Waals surface area contributed by atoms with Gasteiger partial charge in [0.1, 0.15) is 0 Å². The molecule has 12 rings (SSSR count). The third kappa shape index (κ3) is 4.95. The molecule has 0 bridgehead atoms. The molecule has 4 nitrogen and oxygen atoms in total. The molecule has 0 spiro atoms. The molecular weight excluding hydrogens is 705 g/mol. The van der Waals surface area contributed by atoms with Gasteiger partial charge in [-0.1, -0.05) is 158 Å². The van der Waals surface area contributed by atoms with Crippen LogP contribution < -0.4 is 0 Å². The van der Waals surface area contributed by atoms with Crippen molar-refractivity contribution >= 4 is 65.3 Å². The molecule has 0 radical (unpaired) electrons. The molecule has 4 heteroatoms. The number of aromatic nitrogens is 4. The van der Waals surface area contributed by atoms with Gasteiger partial charge in [0, 0.05) is 38.2 Å². The first-order valence-corrected chi connectivity index (χ1v) is 19.8. The Morgan fingerprint density at radius 2 is 0.862 bits per heavy atom. The SMILES string of the molecule is c1ccc(-c2ccc(-c3nc(-n4c5ccccc5c5cc(-c6cc7c(c8ccccc68)c6ccccc6n7-c6ccccc6)ccc54)nc4ccccc34)cc2)cc1. The molecular formula is C54H34N4. The van der Waals surface area contributed by atoms with Crippen LogP contribution in [0.5, 0.6) is 0 Å². The van der Waals surface area contributed by atoms with Crippen molar-refractivity contribution in [3.05, 3.63) is 206 Å². The smallest absolute Gasteiger partial charge is 0.235 e. The van der Waals surface area contributed by atoms with Crippen LogP contribution in [0.3, 0.4) is 0 Å². The van der Waals surface area contributed by atoms with E-state index in [-0.39, 0.29) is 0 Å². The fourth-order valence-corrected chi connectivity index (χ4v) is 9.12. The lowest BCUT2D eigenvalue weighted by Crippen LogP contribution is -2.03. The lowest BCUT2D eigenvalue weighted by molar-refractivity contribution is 1.01. The Morgan fingerprint density at radius 1 is 0.310 bits per heavy atom. The van der Waals surface area contributed by atoms with E-state index >= 15 is 0 Å². The Bertz CT molecular complexity index is 3540. The van der Waals surface area contributed by atoms with Gasteiger partial charge in [-0.05, 0) is 81.6 Å². The zero-order valence-corrected chi connectivity index (χ0v) is 31.4. The first-order chi connectivity index (χ1) is 28.8. The van der Waals surface area contributed by atoms with Gasteiger partial charge >= 0.3 is 0 Å². The summed E-state index contributed by atoms with van der Waals surface area (Å²) >= 11 is 0. The first-order valence-electron chi connectivity index (χ1n) is 19.8. The molecule has 0 N–H and O–H groups in total. The third-order valence-corrected chi connectivity index (χ3v) is 11.7. The Balaban J connectivity index is 1.08. The zero-order chi connectivity index (χ0) is 38.2. The van der Waals surface area contributed by atoms with E-state index in [9.17, 15) is 0 Å². The van der Waals surface area contributed by atoms with Crippen molar-refractivity contribution < 1.29 is 0 Å². The predicted molar refractivity (Wildman–Crippen MR) is 242 cm³/mol. The molecule has 0 aliphatic heterocycles. The zero-order valence-electron chi connectivity index (χ0n) is 31.4. The van der Waals surface area contributed by atoms with Crippen LogP contribution in [0.1, 0.15) is 0 Å². The van der Waals surface area contributed by atoms with Crippen molar-refractivity contribution in [2.75, 3.05) is 0 Å². The van der Waals surface area contributed by atoms with Crippen molar-refractivity contribution in [3.8, 4) is 45.1 Å². The highest BCUT2D eigenvalue weighted by Crippen LogP contribution is 2.43. The molecule has 0 fully saturated rings. The molecule has 12 aromatic rings. The molecule has 9 aromatic carbocycles. The molecule has 0 amide bonds. The Labute approximate surface area is 334 Å². The number of hydrogen-bond donors (Lipinski definition) is 0.